The quantitative estimate of drug-likeness (QED) is 0.823. The average molecular weight is 388 g/mol. The highest BCUT2D eigenvalue weighted by atomic mass is 35.5. The number of carbonyl (C=O) groups is 2. The number of carbonyl (C=O) groups excluding carboxylic acids is 2. The molecule has 1 aliphatic rings. The number of aliphatic hydroxyl groups is 1. The predicted octanol–water partition coefficient (Wildman–Crippen LogP) is 3.55. The van der Waals surface area contributed by atoms with Gasteiger partial charge in [-0.1, -0.05) is 41.4 Å². The normalized spacial score (nSPS) is 18.6. The molecular weight excluding hydrogens is 366 g/mol. The smallest absolute Gasteiger partial charge is 0.264 e. The topological polar surface area (TPSA) is 66.8 Å². The Bertz CT molecular complexity index is 911. The van der Waals surface area contributed by atoms with E-state index in [9.17, 15) is 14.7 Å². The van der Waals surface area contributed by atoms with Gasteiger partial charge in [-0.25, -0.2) is 0 Å². The monoisotopic (exact) mass is 387 g/mol. The summed E-state index contributed by atoms with van der Waals surface area (Å²) in [7, 11) is 0. The standard InChI is InChI=1S/C21H22ClNO4/c1-13-10-14(2)19-16(11-13)21(26,12-15(3)24)20(25)23(19)8-9-27-18-7-5-4-6-17(18)22/h4-7,10-11,26H,8-9,12H2,1-3H3/t21-/m0/s1. The van der Waals surface area contributed by atoms with Gasteiger partial charge in [0.1, 0.15) is 18.1 Å². The van der Waals surface area contributed by atoms with Crippen LogP contribution in [0.2, 0.25) is 5.02 Å². The molecule has 2 aromatic rings. The zero-order valence-electron chi connectivity index (χ0n) is 15.6. The van der Waals surface area contributed by atoms with Gasteiger partial charge in [-0.05, 0) is 38.5 Å². The number of halogens is 1. The molecule has 2 aromatic carbocycles. The summed E-state index contributed by atoms with van der Waals surface area (Å²) in [4.78, 5) is 26.2. The predicted molar refractivity (Wildman–Crippen MR) is 104 cm³/mol. The van der Waals surface area contributed by atoms with E-state index >= 15 is 0 Å². The van der Waals surface area contributed by atoms with Crippen molar-refractivity contribution in [2.45, 2.75) is 32.8 Å². The van der Waals surface area contributed by atoms with Gasteiger partial charge in [0.25, 0.3) is 5.91 Å². The second kappa shape index (κ2) is 7.33. The number of nitrogens with zero attached hydrogens (tertiary/aromatic N) is 1. The van der Waals surface area contributed by atoms with Crippen molar-refractivity contribution in [2.24, 2.45) is 0 Å². The number of para-hydroxylation sites is 1. The van der Waals surface area contributed by atoms with Crippen LogP contribution in [-0.4, -0.2) is 29.9 Å². The first-order valence-electron chi connectivity index (χ1n) is 8.77. The molecule has 27 heavy (non-hydrogen) atoms. The van der Waals surface area contributed by atoms with E-state index in [0.717, 1.165) is 11.1 Å². The van der Waals surface area contributed by atoms with E-state index in [-0.39, 0.29) is 25.4 Å². The van der Waals surface area contributed by atoms with E-state index in [4.69, 9.17) is 16.3 Å². The Kier molecular flexibility index (Phi) is 5.27. The molecule has 1 heterocycles. The van der Waals surface area contributed by atoms with Crippen molar-refractivity contribution in [3.05, 3.63) is 58.1 Å². The van der Waals surface area contributed by atoms with Crippen LogP contribution in [0.25, 0.3) is 0 Å². The van der Waals surface area contributed by atoms with E-state index in [1.165, 1.54) is 11.8 Å². The van der Waals surface area contributed by atoms with Crippen LogP contribution in [0.4, 0.5) is 5.69 Å². The number of hydrogen-bond acceptors (Lipinski definition) is 4. The zero-order valence-corrected chi connectivity index (χ0v) is 16.3. The van der Waals surface area contributed by atoms with Gasteiger partial charge in [0.05, 0.1) is 17.3 Å². The van der Waals surface area contributed by atoms with E-state index < -0.39 is 11.5 Å². The average Bonchev–Trinajstić information content (AvgIpc) is 2.78. The lowest BCUT2D eigenvalue weighted by Crippen LogP contribution is -2.43. The number of anilines is 1. The molecule has 0 aromatic heterocycles. The molecule has 3 rings (SSSR count). The summed E-state index contributed by atoms with van der Waals surface area (Å²) in [5.74, 6) is -0.208. The molecule has 1 aliphatic heterocycles. The fourth-order valence-corrected chi connectivity index (χ4v) is 3.82. The first-order chi connectivity index (χ1) is 12.7. The number of rotatable bonds is 6. The van der Waals surface area contributed by atoms with Crippen LogP contribution in [-0.2, 0) is 15.2 Å². The van der Waals surface area contributed by atoms with Crippen LogP contribution in [0.15, 0.2) is 36.4 Å². The van der Waals surface area contributed by atoms with Crippen LogP contribution in [0, 0.1) is 13.8 Å². The van der Waals surface area contributed by atoms with Crippen LogP contribution < -0.4 is 9.64 Å². The fourth-order valence-electron chi connectivity index (χ4n) is 3.63. The SMILES string of the molecule is CC(=O)C[C@@]1(O)C(=O)N(CCOc2ccccc2Cl)c2c(C)cc(C)cc21. The summed E-state index contributed by atoms with van der Waals surface area (Å²) in [5, 5.41) is 11.6. The zero-order chi connectivity index (χ0) is 19.8. The summed E-state index contributed by atoms with van der Waals surface area (Å²) in [5.41, 5.74) is 1.10. The molecule has 0 saturated carbocycles. The van der Waals surface area contributed by atoms with Crippen LogP contribution in [0.3, 0.4) is 0 Å². The second-order valence-electron chi connectivity index (χ2n) is 6.95. The van der Waals surface area contributed by atoms with Crippen molar-refractivity contribution in [1.29, 1.82) is 0 Å². The minimum atomic E-state index is -1.83. The second-order valence-corrected chi connectivity index (χ2v) is 7.36. The molecule has 6 heteroatoms. The maximum atomic E-state index is 13.0. The molecule has 0 aliphatic carbocycles. The third kappa shape index (κ3) is 3.57. The molecule has 0 saturated heterocycles. The minimum absolute atomic E-state index is 0.207. The summed E-state index contributed by atoms with van der Waals surface area (Å²) in [6.07, 6.45) is -0.246. The Morgan fingerprint density at radius 1 is 1.26 bits per heavy atom. The summed E-state index contributed by atoms with van der Waals surface area (Å²) in [6.45, 7) is 5.60. The number of aryl methyl sites for hydroxylation is 2. The number of Topliss-reactive ketones (excluding diaryl/α,β-unsaturated/α-hetero) is 1. The third-order valence-electron chi connectivity index (χ3n) is 4.67. The summed E-state index contributed by atoms with van der Waals surface area (Å²) < 4.78 is 5.70. The molecule has 0 radical (unpaired) electrons. The van der Waals surface area contributed by atoms with Crippen molar-refractivity contribution in [3.63, 3.8) is 0 Å². The minimum Gasteiger partial charge on any atom is -0.490 e. The maximum absolute atomic E-state index is 13.0. The van der Waals surface area contributed by atoms with Gasteiger partial charge in [-0.2, -0.15) is 0 Å². The van der Waals surface area contributed by atoms with Crippen molar-refractivity contribution in [2.75, 3.05) is 18.1 Å². The number of ether oxygens (including phenoxy) is 1. The Labute approximate surface area is 163 Å². The van der Waals surface area contributed by atoms with Crippen molar-refractivity contribution in [3.8, 4) is 5.75 Å². The van der Waals surface area contributed by atoms with Gasteiger partial charge >= 0.3 is 0 Å². The molecule has 0 unspecified atom stereocenters. The van der Waals surface area contributed by atoms with Crippen molar-refractivity contribution in [1.82, 2.24) is 0 Å². The molecule has 0 fully saturated rings. The van der Waals surface area contributed by atoms with E-state index in [0.29, 0.717) is 22.0 Å². The van der Waals surface area contributed by atoms with Crippen molar-refractivity contribution < 1.29 is 19.4 Å². The Balaban J connectivity index is 1.89. The Morgan fingerprint density at radius 3 is 2.63 bits per heavy atom. The van der Waals surface area contributed by atoms with Gasteiger partial charge in [0, 0.05) is 12.0 Å². The number of hydrogen-bond donors (Lipinski definition) is 1. The molecule has 5 nitrogen and oxygen atoms in total. The summed E-state index contributed by atoms with van der Waals surface area (Å²) in [6, 6.07) is 10.8. The third-order valence-corrected chi connectivity index (χ3v) is 4.99. The van der Waals surface area contributed by atoms with Crippen LogP contribution in [0.5, 0.6) is 5.75 Å². The van der Waals surface area contributed by atoms with Gasteiger partial charge in [0.2, 0.25) is 0 Å². The van der Waals surface area contributed by atoms with Crippen LogP contribution >= 0.6 is 11.6 Å². The highest BCUT2D eigenvalue weighted by molar-refractivity contribution is 6.32. The molecule has 1 atom stereocenters. The lowest BCUT2D eigenvalue weighted by molar-refractivity contribution is -0.141. The molecule has 0 bridgehead atoms. The lowest BCUT2D eigenvalue weighted by atomic mass is 9.88. The highest BCUT2D eigenvalue weighted by Gasteiger charge is 2.50. The highest BCUT2D eigenvalue weighted by Crippen LogP contribution is 2.44. The van der Waals surface area contributed by atoms with Crippen LogP contribution in [0.1, 0.15) is 30.0 Å². The number of ketones is 1. The number of benzene rings is 2. The van der Waals surface area contributed by atoms with Gasteiger partial charge < -0.3 is 14.7 Å². The first-order valence-corrected chi connectivity index (χ1v) is 9.14. The Hall–Kier alpha value is -2.37. The summed E-state index contributed by atoms with van der Waals surface area (Å²) >= 11 is 6.09. The van der Waals surface area contributed by atoms with Gasteiger partial charge in [-0.3, -0.25) is 9.59 Å². The largest absolute Gasteiger partial charge is 0.490 e. The van der Waals surface area contributed by atoms with Gasteiger partial charge in [-0.15, -0.1) is 0 Å². The number of amides is 1. The lowest BCUT2D eigenvalue weighted by Gasteiger charge is -2.22. The molecule has 142 valence electrons. The van der Waals surface area contributed by atoms with E-state index in [1.807, 2.05) is 32.0 Å². The molecule has 1 amide bonds. The number of fused-ring (bicyclic) bond motifs is 1. The Morgan fingerprint density at radius 2 is 1.96 bits per heavy atom. The molecular formula is C21H22ClNO4. The molecule has 0 spiro atoms. The van der Waals surface area contributed by atoms with Gasteiger partial charge in [0.15, 0.2) is 5.60 Å². The van der Waals surface area contributed by atoms with E-state index in [2.05, 4.69) is 0 Å². The first kappa shape index (κ1) is 19.4. The fraction of sp³-hybridized carbons (Fsp3) is 0.333. The molecule has 1 N–H and O–H groups in total. The maximum Gasteiger partial charge on any atom is 0.264 e. The van der Waals surface area contributed by atoms with E-state index in [1.54, 1.807) is 18.2 Å². The van der Waals surface area contributed by atoms with Crippen molar-refractivity contribution >= 4 is 29.0 Å².